The maximum atomic E-state index is 4.93. The number of hydrogen-bond acceptors (Lipinski definition) is 1. The summed E-state index contributed by atoms with van der Waals surface area (Å²) in [5.74, 6) is 1.08. The van der Waals surface area contributed by atoms with Crippen LogP contribution in [0.15, 0.2) is 0 Å². The summed E-state index contributed by atoms with van der Waals surface area (Å²) in [6.07, 6.45) is 18.7. The average Bonchev–Trinajstić information content (AvgIpc) is 2.38. The second-order valence-corrected chi connectivity index (χ2v) is 5.61. The maximum Gasteiger partial charge on any atom is 0.291 e. The van der Waals surface area contributed by atoms with E-state index in [-0.39, 0.29) is 0 Å². The normalized spacial score (nSPS) is 17.2. The fraction of sp³-hybridized carbons (Fsp3) is 1.00. The Hall–Kier alpha value is 0.0249. The van der Waals surface area contributed by atoms with Gasteiger partial charge < -0.3 is 4.65 Å². The van der Waals surface area contributed by atoms with E-state index in [1.807, 2.05) is 7.48 Å². The van der Waals surface area contributed by atoms with Crippen molar-refractivity contribution in [2.24, 2.45) is 5.92 Å². The predicted molar refractivity (Wildman–Crippen MR) is 76.5 cm³/mol. The Morgan fingerprint density at radius 3 is 2.24 bits per heavy atom. The molecule has 1 rings (SSSR count). The molecule has 99 valence electrons. The van der Waals surface area contributed by atoms with Crippen LogP contribution in [0.3, 0.4) is 0 Å². The first-order chi connectivity index (χ1) is 8.43. The molecule has 0 aliphatic heterocycles. The monoisotopic (exact) mass is 237 g/mol. The first-order valence-electron chi connectivity index (χ1n) is 7.78. The zero-order valence-corrected chi connectivity index (χ0v) is 11.8. The van der Waals surface area contributed by atoms with Crippen molar-refractivity contribution in [3.8, 4) is 0 Å². The van der Waals surface area contributed by atoms with Gasteiger partial charge in [0.25, 0.3) is 7.48 Å². The second kappa shape index (κ2) is 11.1. The lowest BCUT2D eigenvalue weighted by Gasteiger charge is -2.21. The van der Waals surface area contributed by atoms with E-state index in [2.05, 4.69) is 0 Å². The second-order valence-electron chi connectivity index (χ2n) is 5.61. The van der Waals surface area contributed by atoms with Crippen molar-refractivity contribution in [3.63, 3.8) is 0 Å². The van der Waals surface area contributed by atoms with Gasteiger partial charge in [0.2, 0.25) is 0 Å². The first-order valence-corrected chi connectivity index (χ1v) is 7.78. The lowest BCUT2D eigenvalue weighted by Crippen LogP contribution is -2.05. The summed E-state index contributed by atoms with van der Waals surface area (Å²) in [6, 6.07) is 0. The minimum atomic E-state index is 1.08. The van der Waals surface area contributed by atoms with Gasteiger partial charge in [-0.3, -0.25) is 0 Å². The molecule has 1 aliphatic rings. The van der Waals surface area contributed by atoms with Crippen LogP contribution >= 0.6 is 0 Å². The van der Waals surface area contributed by atoms with Crippen LogP contribution in [-0.2, 0) is 4.65 Å². The van der Waals surface area contributed by atoms with Gasteiger partial charge in [0.15, 0.2) is 0 Å². The number of hydrogen-bond donors (Lipinski definition) is 0. The van der Waals surface area contributed by atoms with E-state index < -0.39 is 0 Å². The van der Waals surface area contributed by atoms with Gasteiger partial charge in [-0.1, -0.05) is 83.4 Å². The van der Waals surface area contributed by atoms with Gasteiger partial charge in [-0.15, -0.1) is 0 Å². The van der Waals surface area contributed by atoms with Crippen LogP contribution in [-0.4, -0.2) is 14.6 Å². The molecule has 1 fully saturated rings. The zero-order chi connectivity index (χ0) is 12.2. The van der Waals surface area contributed by atoms with Gasteiger partial charge in [0.1, 0.15) is 0 Å². The van der Waals surface area contributed by atoms with Gasteiger partial charge in [-0.05, 0) is 5.92 Å². The molecule has 1 radical (unpaired) electrons. The molecule has 0 spiro atoms. The summed E-state index contributed by atoms with van der Waals surface area (Å²) in [4.78, 5) is 0. The summed E-state index contributed by atoms with van der Waals surface area (Å²) in [7, 11) is 3.66. The van der Waals surface area contributed by atoms with Crippen molar-refractivity contribution >= 4 is 7.48 Å². The molecule has 0 heterocycles. The van der Waals surface area contributed by atoms with Crippen LogP contribution in [0, 0.1) is 5.92 Å². The Bertz CT molecular complexity index is 155. The minimum absolute atomic E-state index is 1.08. The molecule has 0 aromatic carbocycles. The van der Waals surface area contributed by atoms with Crippen LogP contribution in [0.4, 0.5) is 0 Å². The van der Waals surface area contributed by atoms with Gasteiger partial charge in [0, 0.05) is 7.11 Å². The number of unbranched alkanes of at least 4 members (excludes halogenated alkanes) is 5. The summed E-state index contributed by atoms with van der Waals surface area (Å²) < 4.78 is 4.93. The van der Waals surface area contributed by atoms with Crippen LogP contribution in [0.1, 0.15) is 77.0 Å². The Morgan fingerprint density at radius 2 is 1.53 bits per heavy atom. The van der Waals surface area contributed by atoms with E-state index in [9.17, 15) is 0 Å². The lowest BCUT2D eigenvalue weighted by molar-refractivity contribution is 0.328. The quantitative estimate of drug-likeness (QED) is 0.384. The summed E-state index contributed by atoms with van der Waals surface area (Å²) in [6.45, 7) is 0. The third-order valence-electron chi connectivity index (χ3n) is 4.08. The van der Waals surface area contributed by atoms with Crippen molar-refractivity contribution in [2.45, 2.75) is 83.4 Å². The topological polar surface area (TPSA) is 9.23 Å². The molecule has 0 bridgehead atoms. The first kappa shape index (κ1) is 15.1. The highest BCUT2D eigenvalue weighted by atomic mass is 16.4. The Labute approximate surface area is 109 Å². The average molecular weight is 237 g/mol. The van der Waals surface area contributed by atoms with Crippen molar-refractivity contribution in [1.29, 1.82) is 0 Å². The van der Waals surface area contributed by atoms with E-state index in [1.165, 1.54) is 77.0 Å². The summed E-state index contributed by atoms with van der Waals surface area (Å²) >= 11 is 0. The van der Waals surface area contributed by atoms with Crippen LogP contribution in [0.5, 0.6) is 0 Å². The zero-order valence-electron chi connectivity index (χ0n) is 11.8. The van der Waals surface area contributed by atoms with Gasteiger partial charge in [-0.25, -0.2) is 0 Å². The molecule has 0 saturated heterocycles. The molecule has 0 unspecified atom stereocenters. The largest absolute Gasteiger partial charge is 0.443 e. The maximum absolute atomic E-state index is 4.93. The van der Waals surface area contributed by atoms with E-state index in [4.69, 9.17) is 4.65 Å². The standard InChI is InChI=1S/C15H30BO/c1-17-16-14-10-5-3-2-4-7-11-15-12-8-6-9-13-15/h15H,2-14H2,1H3. The van der Waals surface area contributed by atoms with Gasteiger partial charge >= 0.3 is 0 Å². The smallest absolute Gasteiger partial charge is 0.291 e. The minimum Gasteiger partial charge on any atom is -0.443 e. The van der Waals surface area contributed by atoms with Gasteiger partial charge in [-0.2, -0.15) is 0 Å². The molecular formula is C15H30BO. The molecule has 1 nitrogen and oxygen atoms in total. The van der Waals surface area contributed by atoms with Gasteiger partial charge in [0.05, 0.1) is 0 Å². The van der Waals surface area contributed by atoms with E-state index in [1.54, 1.807) is 7.11 Å². The molecule has 0 aromatic rings. The third-order valence-corrected chi connectivity index (χ3v) is 4.08. The van der Waals surface area contributed by atoms with Crippen molar-refractivity contribution < 1.29 is 4.65 Å². The molecule has 1 saturated carbocycles. The number of rotatable bonds is 10. The molecule has 2 heteroatoms. The summed E-state index contributed by atoms with van der Waals surface area (Å²) in [5, 5.41) is 0. The Kier molecular flexibility index (Phi) is 9.88. The summed E-state index contributed by atoms with van der Waals surface area (Å²) in [5.41, 5.74) is 0. The highest BCUT2D eigenvalue weighted by Gasteiger charge is 2.12. The fourth-order valence-corrected chi connectivity index (χ4v) is 2.96. The van der Waals surface area contributed by atoms with Crippen LogP contribution < -0.4 is 0 Å². The molecule has 0 amide bonds. The highest BCUT2D eigenvalue weighted by Crippen LogP contribution is 2.28. The van der Waals surface area contributed by atoms with Crippen molar-refractivity contribution in [1.82, 2.24) is 0 Å². The van der Waals surface area contributed by atoms with Crippen molar-refractivity contribution in [3.05, 3.63) is 0 Å². The van der Waals surface area contributed by atoms with Crippen molar-refractivity contribution in [2.75, 3.05) is 7.11 Å². The SMILES string of the molecule is CO[B]CCCCCCCCC1CCCCC1. The molecular weight excluding hydrogens is 207 g/mol. The van der Waals surface area contributed by atoms with Crippen LogP contribution in [0.25, 0.3) is 0 Å². The van der Waals surface area contributed by atoms with E-state index in [0.29, 0.717) is 0 Å². The van der Waals surface area contributed by atoms with Crippen LogP contribution in [0.2, 0.25) is 6.32 Å². The molecule has 0 N–H and O–H groups in total. The predicted octanol–water partition coefficient (Wildman–Crippen LogP) is 4.98. The fourth-order valence-electron chi connectivity index (χ4n) is 2.96. The van der Waals surface area contributed by atoms with E-state index in [0.717, 1.165) is 12.2 Å². The molecule has 0 atom stereocenters. The molecule has 0 aromatic heterocycles. The lowest BCUT2D eigenvalue weighted by atomic mass is 9.85. The Morgan fingerprint density at radius 1 is 0.882 bits per heavy atom. The third kappa shape index (κ3) is 8.71. The van der Waals surface area contributed by atoms with E-state index >= 15 is 0 Å². The molecule has 17 heavy (non-hydrogen) atoms. The highest BCUT2D eigenvalue weighted by molar-refractivity contribution is 6.26. The Balaban J connectivity index is 1.75. The molecule has 1 aliphatic carbocycles.